The highest BCUT2D eigenvalue weighted by atomic mass is 16.5. The molecule has 0 radical (unpaired) electrons. The molecule has 1 aromatic heterocycles. The molecule has 0 aromatic carbocycles. The second-order valence-electron chi connectivity index (χ2n) is 3.05. The molecule has 74 valence electrons. The number of H-pyrrole nitrogens is 1. The van der Waals surface area contributed by atoms with Crippen LogP contribution in [0.4, 0.5) is 5.88 Å². The fraction of sp³-hybridized carbons (Fsp3) is 0.571. The number of aromatic nitrogens is 1. The van der Waals surface area contributed by atoms with Gasteiger partial charge in [0.15, 0.2) is 0 Å². The third-order valence-corrected chi connectivity index (χ3v) is 1.58. The normalized spacial score (nSPS) is 10.8. The monoisotopic (exact) mass is 186 g/mol. The summed E-state index contributed by atoms with van der Waals surface area (Å²) in [5.41, 5.74) is -0.282. The van der Waals surface area contributed by atoms with E-state index in [9.17, 15) is 4.79 Å². The fourth-order valence-corrected chi connectivity index (χ4v) is 0.833. The van der Waals surface area contributed by atoms with E-state index in [-0.39, 0.29) is 5.56 Å². The largest absolute Gasteiger partial charge is 0.359 e. The molecular formula is C7H14N4O2. The van der Waals surface area contributed by atoms with Crippen molar-refractivity contribution in [2.24, 2.45) is 5.84 Å². The molecule has 0 atom stereocenters. The van der Waals surface area contributed by atoms with Crippen LogP contribution < -0.4 is 16.4 Å². The molecule has 0 fully saturated rings. The minimum absolute atomic E-state index is 0.282. The summed E-state index contributed by atoms with van der Waals surface area (Å²) in [6.07, 6.45) is 0. The Labute approximate surface area is 75.8 Å². The Balaban J connectivity index is 2.48. The summed E-state index contributed by atoms with van der Waals surface area (Å²) in [5.74, 6) is 5.96. The summed E-state index contributed by atoms with van der Waals surface area (Å²) >= 11 is 0. The quantitative estimate of drug-likeness (QED) is 0.476. The maximum Gasteiger partial charge on any atom is 0.282 e. The highest BCUT2D eigenvalue weighted by molar-refractivity contribution is 5.29. The number of nitrogens with zero attached hydrogens (tertiary/aromatic N) is 2. The Morgan fingerprint density at radius 2 is 2.23 bits per heavy atom. The fourth-order valence-electron chi connectivity index (χ4n) is 0.833. The number of anilines is 1. The first-order chi connectivity index (χ1) is 6.09. The summed E-state index contributed by atoms with van der Waals surface area (Å²) in [4.78, 5) is 12.7. The summed E-state index contributed by atoms with van der Waals surface area (Å²) in [5, 5.41) is 3.56. The number of hydrazine groups is 1. The molecule has 0 saturated heterocycles. The molecule has 0 aliphatic carbocycles. The van der Waals surface area contributed by atoms with Crippen molar-refractivity contribution in [3.63, 3.8) is 0 Å². The average Bonchev–Trinajstić information content (AvgIpc) is 2.47. The summed E-state index contributed by atoms with van der Waals surface area (Å²) < 4.78 is 4.80. The minimum Gasteiger partial charge on any atom is -0.359 e. The highest BCUT2D eigenvalue weighted by Gasteiger charge is 2.06. The molecule has 0 amide bonds. The molecule has 0 aliphatic rings. The van der Waals surface area contributed by atoms with Crippen molar-refractivity contribution in [1.82, 2.24) is 10.1 Å². The number of nitrogens with one attached hydrogen (secondary N) is 1. The second-order valence-corrected chi connectivity index (χ2v) is 3.05. The molecule has 1 aromatic rings. The van der Waals surface area contributed by atoms with Gasteiger partial charge in [-0.1, -0.05) is 0 Å². The van der Waals surface area contributed by atoms with Crippen LogP contribution in [0.15, 0.2) is 15.4 Å². The SMILES string of the molecule is CN(C)CCN(N)c1cc(=O)[nH]o1. The molecule has 3 N–H and O–H groups in total. The van der Waals surface area contributed by atoms with Gasteiger partial charge in [0.2, 0.25) is 5.88 Å². The number of likely N-dealkylation sites (N-methyl/N-ethyl adjacent to an activating group) is 1. The Bertz CT molecular complexity index is 303. The van der Waals surface area contributed by atoms with Gasteiger partial charge in [-0.15, -0.1) is 0 Å². The average molecular weight is 186 g/mol. The van der Waals surface area contributed by atoms with E-state index in [4.69, 9.17) is 10.4 Å². The van der Waals surface area contributed by atoms with Crippen LogP contribution >= 0.6 is 0 Å². The maximum absolute atomic E-state index is 10.7. The summed E-state index contributed by atoms with van der Waals surface area (Å²) in [6.45, 7) is 1.40. The third kappa shape index (κ3) is 2.92. The van der Waals surface area contributed by atoms with Crippen molar-refractivity contribution < 1.29 is 4.52 Å². The molecule has 1 heterocycles. The van der Waals surface area contributed by atoms with E-state index >= 15 is 0 Å². The van der Waals surface area contributed by atoms with Crippen LogP contribution in [0.25, 0.3) is 0 Å². The van der Waals surface area contributed by atoms with Gasteiger partial charge in [-0.05, 0) is 14.1 Å². The number of rotatable bonds is 4. The lowest BCUT2D eigenvalue weighted by Crippen LogP contribution is -2.36. The molecule has 0 spiro atoms. The van der Waals surface area contributed by atoms with Crippen LogP contribution in [0.5, 0.6) is 0 Å². The van der Waals surface area contributed by atoms with Crippen LogP contribution in [0.2, 0.25) is 0 Å². The van der Waals surface area contributed by atoms with Gasteiger partial charge in [-0.25, -0.2) is 5.84 Å². The zero-order valence-electron chi connectivity index (χ0n) is 7.78. The third-order valence-electron chi connectivity index (χ3n) is 1.58. The molecule has 6 heteroatoms. The molecule has 1 rings (SSSR count). The summed E-state index contributed by atoms with van der Waals surface area (Å²) in [7, 11) is 3.89. The molecule has 0 saturated carbocycles. The Hall–Kier alpha value is -1.27. The molecule has 6 nitrogen and oxygen atoms in total. The standard InChI is InChI=1S/C7H14N4O2/c1-10(2)3-4-11(8)7-5-6(12)9-13-7/h5H,3-4,8H2,1-2H3,(H,9,12). The van der Waals surface area contributed by atoms with Gasteiger partial charge in [0.05, 0.1) is 12.6 Å². The lowest BCUT2D eigenvalue weighted by molar-refractivity contribution is 0.386. The van der Waals surface area contributed by atoms with Crippen LogP contribution in [0.3, 0.4) is 0 Å². The van der Waals surface area contributed by atoms with E-state index in [0.29, 0.717) is 12.4 Å². The molecule has 13 heavy (non-hydrogen) atoms. The molecule has 0 bridgehead atoms. The zero-order chi connectivity index (χ0) is 9.84. The van der Waals surface area contributed by atoms with Crippen molar-refractivity contribution in [3.8, 4) is 0 Å². The Morgan fingerprint density at radius 1 is 1.54 bits per heavy atom. The van der Waals surface area contributed by atoms with Crippen LogP contribution in [-0.4, -0.2) is 37.2 Å². The first-order valence-electron chi connectivity index (χ1n) is 3.95. The zero-order valence-corrected chi connectivity index (χ0v) is 7.78. The van der Waals surface area contributed by atoms with E-state index in [1.807, 2.05) is 19.0 Å². The van der Waals surface area contributed by atoms with Gasteiger partial charge in [-0.2, -0.15) is 5.16 Å². The van der Waals surface area contributed by atoms with Gasteiger partial charge in [0.1, 0.15) is 0 Å². The van der Waals surface area contributed by atoms with E-state index in [0.717, 1.165) is 6.54 Å². The van der Waals surface area contributed by atoms with Gasteiger partial charge >= 0.3 is 0 Å². The lowest BCUT2D eigenvalue weighted by atomic mass is 10.5. The van der Waals surface area contributed by atoms with Crippen LogP contribution in [0.1, 0.15) is 0 Å². The maximum atomic E-state index is 10.7. The predicted octanol–water partition coefficient (Wildman–Crippen LogP) is -0.790. The van der Waals surface area contributed by atoms with Crippen molar-refractivity contribution in [1.29, 1.82) is 0 Å². The van der Waals surface area contributed by atoms with Gasteiger partial charge in [0.25, 0.3) is 5.56 Å². The van der Waals surface area contributed by atoms with Crippen LogP contribution in [0, 0.1) is 0 Å². The molecular weight excluding hydrogens is 172 g/mol. The van der Waals surface area contributed by atoms with Crippen molar-refractivity contribution >= 4 is 5.88 Å². The van der Waals surface area contributed by atoms with Crippen molar-refractivity contribution in [3.05, 3.63) is 16.4 Å². The van der Waals surface area contributed by atoms with E-state index in [1.165, 1.54) is 11.1 Å². The number of hydrogen-bond donors (Lipinski definition) is 2. The number of hydrogen-bond acceptors (Lipinski definition) is 5. The second kappa shape index (κ2) is 4.11. The summed E-state index contributed by atoms with van der Waals surface area (Å²) in [6, 6.07) is 1.32. The Kier molecular flexibility index (Phi) is 3.10. The van der Waals surface area contributed by atoms with Gasteiger partial charge in [-0.3, -0.25) is 9.80 Å². The van der Waals surface area contributed by atoms with Crippen LogP contribution in [-0.2, 0) is 0 Å². The lowest BCUT2D eigenvalue weighted by Gasteiger charge is -2.17. The Morgan fingerprint density at radius 3 is 2.69 bits per heavy atom. The topological polar surface area (TPSA) is 78.5 Å². The van der Waals surface area contributed by atoms with Crippen molar-refractivity contribution in [2.45, 2.75) is 0 Å². The van der Waals surface area contributed by atoms with E-state index in [2.05, 4.69) is 5.16 Å². The first-order valence-corrected chi connectivity index (χ1v) is 3.95. The minimum atomic E-state index is -0.282. The van der Waals surface area contributed by atoms with E-state index < -0.39 is 0 Å². The van der Waals surface area contributed by atoms with Gasteiger partial charge in [0, 0.05) is 6.54 Å². The number of aromatic amines is 1. The number of nitrogens with two attached hydrogens (primary N) is 1. The van der Waals surface area contributed by atoms with Crippen molar-refractivity contribution in [2.75, 3.05) is 32.2 Å². The highest BCUT2D eigenvalue weighted by Crippen LogP contribution is 2.04. The predicted molar refractivity (Wildman–Crippen MR) is 49.4 cm³/mol. The molecule has 0 unspecified atom stereocenters. The molecule has 0 aliphatic heterocycles. The van der Waals surface area contributed by atoms with E-state index in [1.54, 1.807) is 0 Å². The first kappa shape index (κ1) is 9.82. The van der Waals surface area contributed by atoms with Gasteiger partial charge < -0.3 is 9.42 Å². The smallest absolute Gasteiger partial charge is 0.282 e.